The number of hydrogen-bond donors (Lipinski definition) is 2. The summed E-state index contributed by atoms with van der Waals surface area (Å²) < 4.78 is 13.0. The summed E-state index contributed by atoms with van der Waals surface area (Å²) in [4.78, 5) is 11.8. The van der Waals surface area contributed by atoms with Crippen LogP contribution in [0.4, 0.5) is 4.39 Å². The molecule has 3 nitrogen and oxygen atoms in total. The second-order valence-corrected chi connectivity index (χ2v) is 4.87. The fourth-order valence-corrected chi connectivity index (χ4v) is 2.06. The number of nitrogens with one attached hydrogen (secondary N) is 1. The molecule has 0 bridgehead atoms. The van der Waals surface area contributed by atoms with Crippen LogP contribution in [0.1, 0.15) is 23.1 Å². The first-order chi connectivity index (χ1) is 10.7. The zero-order valence-electron chi connectivity index (χ0n) is 12.1. The molecule has 0 atom stereocenters. The Morgan fingerprint density at radius 1 is 1.14 bits per heavy atom. The summed E-state index contributed by atoms with van der Waals surface area (Å²) >= 11 is 0. The number of carbonyl (C=O) groups is 1. The van der Waals surface area contributed by atoms with Crippen LogP contribution >= 0.6 is 0 Å². The molecular weight excluding hydrogens is 281 g/mol. The number of benzene rings is 2. The van der Waals surface area contributed by atoms with E-state index in [9.17, 15) is 14.3 Å². The number of amides is 1. The molecule has 0 aliphatic heterocycles. The molecule has 0 saturated carbocycles. The highest BCUT2D eigenvalue weighted by molar-refractivity contribution is 5.78. The van der Waals surface area contributed by atoms with Gasteiger partial charge in [-0.3, -0.25) is 4.79 Å². The van der Waals surface area contributed by atoms with E-state index in [1.165, 1.54) is 12.1 Å². The Hall–Kier alpha value is -2.46. The van der Waals surface area contributed by atoms with E-state index in [0.29, 0.717) is 6.54 Å². The lowest BCUT2D eigenvalue weighted by atomic mass is 10.1. The zero-order valence-corrected chi connectivity index (χ0v) is 12.1. The molecule has 0 aliphatic rings. The highest BCUT2D eigenvalue weighted by Crippen LogP contribution is 2.08. The van der Waals surface area contributed by atoms with Gasteiger partial charge in [0.15, 0.2) is 0 Å². The van der Waals surface area contributed by atoms with E-state index < -0.39 is 0 Å². The Bertz CT molecular complexity index is 668. The van der Waals surface area contributed by atoms with Crippen molar-refractivity contribution in [3.8, 4) is 0 Å². The Kier molecular flexibility index (Phi) is 5.86. The molecule has 0 saturated heterocycles. The minimum Gasteiger partial charge on any atom is -0.392 e. The van der Waals surface area contributed by atoms with Gasteiger partial charge in [0.25, 0.3) is 0 Å². The lowest BCUT2D eigenvalue weighted by Gasteiger charge is -2.08. The maximum Gasteiger partial charge on any atom is 0.224 e. The van der Waals surface area contributed by atoms with Gasteiger partial charge in [0, 0.05) is 13.0 Å². The highest BCUT2D eigenvalue weighted by Gasteiger charge is 2.02. The summed E-state index contributed by atoms with van der Waals surface area (Å²) in [6, 6.07) is 13.6. The number of aliphatic hydroxyl groups is 1. The smallest absolute Gasteiger partial charge is 0.224 e. The number of carbonyl (C=O) groups excluding carboxylic acids is 1. The fraction of sp³-hybridized carbons (Fsp3) is 0.167. The van der Waals surface area contributed by atoms with E-state index >= 15 is 0 Å². The zero-order chi connectivity index (χ0) is 15.8. The van der Waals surface area contributed by atoms with Gasteiger partial charge in [0.1, 0.15) is 5.82 Å². The molecule has 0 fully saturated rings. The molecule has 4 heteroatoms. The van der Waals surface area contributed by atoms with Gasteiger partial charge in [0.05, 0.1) is 6.61 Å². The average molecular weight is 299 g/mol. The topological polar surface area (TPSA) is 49.3 Å². The van der Waals surface area contributed by atoms with Crippen LogP contribution in [0.3, 0.4) is 0 Å². The van der Waals surface area contributed by atoms with Crippen LogP contribution in [-0.2, 0) is 17.9 Å². The van der Waals surface area contributed by atoms with Gasteiger partial charge in [0.2, 0.25) is 5.91 Å². The molecule has 2 N–H and O–H groups in total. The van der Waals surface area contributed by atoms with Gasteiger partial charge < -0.3 is 10.4 Å². The van der Waals surface area contributed by atoms with Gasteiger partial charge in [-0.15, -0.1) is 0 Å². The predicted molar refractivity (Wildman–Crippen MR) is 84.3 cm³/mol. The van der Waals surface area contributed by atoms with Gasteiger partial charge in [-0.25, -0.2) is 4.39 Å². The fourth-order valence-electron chi connectivity index (χ4n) is 2.06. The van der Waals surface area contributed by atoms with Crippen molar-refractivity contribution in [1.82, 2.24) is 5.32 Å². The first-order valence-electron chi connectivity index (χ1n) is 7.05. The summed E-state index contributed by atoms with van der Waals surface area (Å²) in [7, 11) is 0. The summed E-state index contributed by atoms with van der Waals surface area (Å²) in [6.07, 6.45) is 3.63. The molecular formula is C18H18FNO2. The monoisotopic (exact) mass is 299 g/mol. The van der Waals surface area contributed by atoms with Crippen molar-refractivity contribution in [1.29, 1.82) is 0 Å². The lowest BCUT2D eigenvalue weighted by molar-refractivity contribution is -0.120. The van der Waals surface area contributed by atoms with Crippen LogP contribution < -0.4 is 5.32 Å². The van der Waals surface area contributed by atoms with E-state index in [1.54, 1.807) is 24.3 Å². The Labute approximate surface area is 129 Å². The molecule has 2 aromatic rings. The van der Waals surface area contributed by atoms with Crippen molar-refractivity contribution < 1.29 is 14.3 Å². The molecule has 1 amide bonds. The van der Waals surface area contributed by atoms with Gasteiger partial charge in [-0.05, 0) is 28.8 Å². The van der Waals surface area contributed by atoms with Crippen molar-refractivity contribution in [2.24, 2.45) is 0 Å². The summed E-state index contributed by atoms with van der Waals surface area (Å²) in [6.45, 7) is 0.328. The van der Waals surface area contributed by atoms with E-state index in [4.69, 9.17) is 0 Å². The standard InChI is InChI=1S/C18H18FNO2/c19-17-9-3-5-14(11-17)6-4-10-18(22)20-12-15-7-1-2-8-16(15)13-21/h1-9,11,21H,10,12-13H2,(H,20,22)/b6-4+. The van der Waals surface area contributed by atoms with E-state index in [1.807, 2.05) is 24.3 Å². The largest absolute Gasteiger partial charge is 0.392 e. The number of hydrogen-bond acceptors (Lipinski definition) is 2. The van der Waals surface area contributed by atoms with Gasteiger partial charge in [-0.1, -0.05) is 48.6 Å². The average Bonchev–Trinajstić information content (AvgIpc) is 2.53. The summed E-state index contributed by atoms with van der Waals surface area (Å²) in [5.74, 6) is -0.424. The molecule has 0 heterocycles. The van der Waals surface area contributed by atoms with Crippen molar-refractivity contribution in [2.45, 2.75) is 19.6 Å². The molecule has 0 radical (unpaired) electrons. The van der Waals surface area contributed by atoms with Crippen LogP contribution in [-0.4, -0.2) is 11.0 Å². The minimum atomic E-state index is -0.299. The van der Waals surface area contributed by atoms with Crippen molar-refractivity contribution in [3.05, 3.63) is 77.1 Å². The highest BCUT2D eigenvalue weighted by atomic mass is 19.1. The van der Waals surface area contributed by atoms with Crippen LogP contribution in [0.2, 0.25) is 0 Å². The number of halogens is 1. The van der Waals surface area contributed by atoms with Crippen LogP contribution in [0.25, 0.3) is 6.08 Å². The molecule has 0 aromatic heterocycles. The van der Waals surface area contributed by atoms with Crippen molar-refractivity contribution >= 4 is 12.0 Å². The maximum atomic E-state index is 13.0. The van der Waals surface area contributed by atoms with Gasteiger partial charge in [-0.2, -0.15) is 0 Å². The molecule has 0 aliphatic carbocycles. The van der Waals surface area contributed by atoms with E-state index in [0.717, 1.165) is 16.7 Å². The molecule has 2 aromatic carbocycles. The second-order valence-electron chi connectivity index (χ2n) is 4.87. The molecule has 2 rings (SSSR count). The first-order valence-corrected chi connectivity index (χ1v) is 7.05. The molecule has 114 valence electrons. The lowest BCUT2D eigenvalue weighted by Crippen LogP contribution is -2.22. The first kappa shape index (κ1) is 15.9. The minimum absolute atomic E-state index is 0.0501. The van der Waals surface area contributed by atoms with Gasteiger partial charge >= 0.3 is 0 Å². The number of aliphatic hydroxyl groups excluding tert-OH is 1. The predicted octanol–water partition coefficient (Wildman–Crippen LogP) is 3.04. The third kappa shape index (κ3) is 4.82. The normalized spacial score (nSPS) is 10.8. The Morgan fingerprint density at radius 2 is 1.91 bits per heavy atom. The van der Waals surface area contributed by atoms with Crippen molar-refractivity contribution in [2.75, 3.05) is 0 Å². The van der Waals surface area contributed by atoms with Crippen molar-refractivity contribution in [3.63, 3.8) is 0 Å². The summed E-state index contributed by atoms with van der Waals surface area (Å²) in [5.41, 5.74) is 2.42. The van der Waals surface area contributed by atoms with E-state index in [2.05, 4.69) is 5.32 Å². The molecule has 0 spiro atoms. The second kappa shape index (κ2) is 8.10. The van der Waals surface area contributed by atoms with E-state index in [-0.39, 0.29) is 24.8 Å². The van der Waals surface area contributed by atoms with Crippen LogP contribution in [0, 0.1) is 5.82 Å². The molecule has 22 heavy (non-hydrogen) atoms. The van der Waals surface area contributed by atoms with Crippen LogP contribution in [0.5, 0.6) is 0 Å². The third-order valence-electron chi connectivity index (χ3n) is 3.23. The Morgan fingerprint density at radius 3 is 2.64 bits per heavy atom. The summed E-state index contributed by atoms with van der Waals surface area (Å²) in [5, 5.41) is 12.0. The Balaban J connectivity index is 1.83. The maximum absolute atomic E-state index is 13.0. The number of rotatable bonds is 6. The van der Waals surface area contributed by atoms with Crippen LogP contribution in [0.15, 0.2) is 54.6 Å². The SMILES string of the molecule is O=C(C/C=C/c1cccc(F)c1)NCc1ccccc1CO. The quantitative estimate of drug-likeness (QED) is 0.861. The molecule has 0 unspecified atom stereocenters. The third-order valence-corrected chi connectivity index (χ3v) is 3.23.